The number of anilines is 1. The number of aromatic nitrogens is 1. The Hall–Kier alpha value is -0.760. The Kier molecular flexibility index (Phi) is 4.05. The third-order valence-corrected chi connectivity index (χ3v) is 3.66. The Morgan fingerprint density at radius 3 is 2.81 bits per heavy atom. The van der Waals surface area contributed by atoms with Crippen LogP contribution in [0.15, 0.2) is 18.3 Å². The lowest BCUT2D eigenvalue weighted by Crippen LogP contribution is -2.20. The number of pyridine rings is 1. The van der Waals surface area contributed by atoms with Crippen LogP contribution in [0.3, 0.4) is 0 Å². The molecule has 1 aliphatic carbocycles. The fourth-order valence-electron chi connectivity index (χ4n) is 2.31. The van der Waals surface area contributed by atoms with Gasteiger partial charge in [-0.3, -0.25) is 0 Å². The molecule has 2 rings (SSSR count). The van der Waals surface area contributed by atoms with E-state index in [4.69, 9.17) is 11.6 Å². The van der Waals surface area contributed by atoms with Gasteiger partial charge >= 0.3 is 0 Å². The summed E-state index contributed by atoms with van der Waals surface area (Å²) in [5.74, 6) is 1.75. The summed E-state index contributed by atoms with van der Waals surface area (Å²) >= 11 is 5.83. The number of hydrogen-bond acceptors (Lipinski definition) is 2. The highest BCUT2D eigenvalue weighted by Crippen LogP contribution is 2.28. The molecule has 1 fully saturated rings. The first-order valence-corrected chi connectivity index (χ1v) is 6.47. The molecule has 2 nitrogen and oxygen atoms in total. The van der Waals surface area contributed by atoms with Crippen molar-refractivity contribution in [1.82, 2.24) is 4.98 Å². The minimum Gasteiger partial charge on any atom is -0.385 e. The SMILES string of the molecule is CC1CCC(CNc2ccnc(Cl)c2)CC1. The Morgan fingerprint density at radius 2 is 2.12 bits per heavy atom. The number of nitrogens with one attached hydrogen (secondary N) is 1. The van der Waals surface area contributed by atoms with Crippen LogP contribution in [0.25, 0.3) is 0 Å². The predicted molar refractivity (Wildman–Crippen MR) is 68.9 cm³/mol. The van der Waals surface area contributed by atoms with Gasteiger partial charge in [-0.1, -0.05) is 31.4 Å². The second kappa shape index (κ2) is 5.53. The van der Waals surface area contributed by atoms with Crippen LogP contribution in [0.2, 0.25) is 5.15 Å². The molecule has 0 bridgehead atoms. The monoisotopic (exact) mass is 238 g/mol. The fourth-order valence-corrected chi connectivity index (χ4v) is 2.48. The van der Waals surface area contributed by atoms with Gasteiger partial charge in [-0.15, -0.1) is 0 Å². The van der Waals surface area contributed by atoms with Gasteiger partial charge in [-0.2, -0.15) is 0 Å². The molecule has 1 aromatic rings. The third-order valence-electron chi connectivity index (χ3n) is 3.46. The molecular weight excluding hydrogens is 220 g/mol. The summed E-state index contributed by atoms with van der Waals surface area (Å²) in [6, 6.07) is 3.85. The molecule has 0 amide bonds. The van der Waals surface area contributed by atoms with E-state index in [9.17, 15) is 0 Å². The van der Waals surface area contributed by atoms with Crippen LogP contribution in [0.5, 0.6) is 0 Å². The molecule has 1 aliphatic rings. The zero-order valence-electron chi connectivity index (χ0n) is 9.75. The molecular formula is C13H19ClN2. The van der Waals surface area contributed by atoms with Gasteiger partial charge in [0.2, 0.25) is 0 Å². The summed E-state index contributed by atoms with van der Waals surface area (Å²) in [4.78, 5) is 3.97. The van der Waals surface area contributed by atoms with Crippen LogP contribution < -0.4 is 5.32 Å². The Balaban J connectivity index is 1.79. The topological polar surface area (TPSA) is 24.9 Å². The largest absolute Gasteiger partial charge is 0.385 e. The van der Waals surface area contributed by atoms with Crippen LogP contribution in [-0.2, 0) is 0 Å². The highest BCUT2D eigenvalue weighted by molar-refractivity contribution is 6.29. The molecule has 1 N–H and O–H groups in total. The van der Waals surface area contributed by atoms with Crippen molar-refractivity contribution in [3.8, 4) is 0 Å². The number of nitrogens with zero attached hydrogens (tertiary/aromatic N) is 1. The highest BCUT2D eigenvalue weighted by Gasteiger charge is 2.17. The van der Waals surface area contributed by atoms with Gasteiger partial charge in [0.15, 0.2) is 0 Å². The van der Waals surface area contributed by atoms with Crippen molar-refractivity contribution in [2.75, 3.05) is 11.9 Å². The summed E-state index contributed by atoms with van der Waals surface area (Å²) in [5, 5.41) is 4.00. The van der Waals surface area contributed by atoms with Crippen LogP contribution in [0, 0.1) is 11.8 Å². The first kappa shape index (κ1) is 11.7. The van der Waals surface area contributed by atoms with Gasteiger partial charge in [-0.05, 0) is 36.8 Å². The number of hydrogen-bond donors (Lipinski definition) is 1. The average molecular weight is 239 g/mol. The van der Waals surface area contributed by atoms with E-state index in [-0.39, 0.29) is 0 Å². The maximum absolute atomic E-state index is 5.83. The van der Waals surface area contributed by atoms with Crippen molar-refractivity contribution in [2.45, 2.75) is 32.6 Å². The van der Waals surface area contributed by atoms with E-state index in [1.807, 2.05) is 12.1 Å². The first-order chi connectivity index (χ1) is 7.74. The second-order valence-corrected chi connectivity index (χ2v) is 5.26. The standard InChI is InChI=1S/C13H19ClN2/c1-10-2-4-11(5-3-10)9-16-12-6-7-15-13(14)8-12/h6-8,10-11H,2-5,9H2,1H3,(H,15,16). The molecule has 1 saturated carbocycles. The van der Waals surface area contributed by atoms with Crippen molar-refractivity contribution in [1.29, 1.82) is 0 Å². The predicted octanol–water partition coefficient (Wildman–Crippen LogP) is 3.97. The molecule has 0 radical (unpaired) electrons. The summed E-state index contributed by atoms with van der Waals surface area (Å²) in [5.41, 5.74) is 1.08. The molecule has 0 atom stereocenters. The third kappa shape index (κ3) is 3.38. The highest BCUT2D eigenvalue weighted by atomic mass is 35.5. The van der Waals surface area contributed by atoms with E-state index in [0.29, 0.717) is 5.15 Å². The Morgan fingerprint density at radius 1 is 1.38 bits per heavy atom. The van der Waals surface area contributed by atoms with Gasteiger partial charge in [0, 0.05) is 18.4 Å². The number of halogens is 1. The van der Waals surface area contributed by atoms with Crippen LogP contribution in [-0.4, -0.2) is 11.5 Å². The van der Waals surface area contributed by atoms with E-state index in [1.165, 1.54) is 25.7 Å². The molecule has 88 valence electrons. The van der Waals surface area contributed by atoms with E-state index in [0.717, 1.165) is 24.1 Å². The quantitative estimate of drug-likeness (QED) is 0.806. The maximum atomic E-state index is 5.83. The van der Waals surface area contributed by atoms with Gasteiger partial charge < -0.3 is 5.32 Å². The fraction of sp³-hybridized carbons (Fsp3) is 0.615. The summed E-state index contributed by atoms with van der Waals surface area (Å²) in [7, 11) is 0. The smallest absolute Gasteiger partial charge is 0.131 e. The minimum atomic E-state index is 0.558. The first-order valence-electron chi connectivity index (χ1n) is 6.09. The summed E-state index contributed by atoms with van der Waals surface area (Å²) in [6.45, 7) is 3.42. The second-order valence-electron chi connectivity index (χ2n) is 4.87. The van der Waals surface area contributed by atoms with Crippen molar-refractivity contribution in [3.05, 3.63) is 23.5 Å². The van der Waals surface area contributed by atoms with Crippen LogP contribution in [0.1, 0.15) is 32.6 Å². The zero-order chi connectivity index (χ0) is 11.4. The van der Waals surface area contributed by atoms with Gasteiger partial charge in [0.05, 0.1) is 0 Å². The maximum Gasteiger partial charge on any atom is 0.131 e. The van der Waals surface area contributed by atoms with Gasteiger partial charge in [0.1, 0.15) is 5.15 Å². The van der Waals surface area contributed by atoms with E-state index >= 15 is 0 Å². The molecule has 0 saturated heterocycles. The molecule has 1 aromatic heterocycles. The molecule has 0 aliphatic heterocycles. The van der Waals surface area contributed by atoms with Crippen molar-refractivity contribution >= 4 is 17.3 Å². The van der Waals surface area contributed by atoms with E-state index in [2.05, 4.69) is 17.2 Å². The van der Waals surface area contributed by atoms with Gasteiger partial charge in [0.25, 0.3) is 0 Å². The van der Waals surface area contributed by atoms with E-state index < -0.39 is 0 Å². The lowest BCUT2D eigenvalue weighted by atomic mass is 9.83. The lowest BCUT2D eigenvalue weighted by Gasteiger charge is -2.26. The molecule has 16 heavy (non-hydrogen) atoms. The van der Waals surface area contributed by atoms with Crippen LogP contribution >= 0.6 is 11.6 Å². The molecule has 3 heteroatoms. The molecule has 0 aromatic carbocycles. The summed E-state index contributed by atoms with van der Waals surface area (Å²) < 4.78 is 0. The van der Waals surface area contributed by atoms with Crippen molar-refractivity contribution < 1.29 is 0 Å². The zero-order valence-corrected chi connectivity index (χ0v) is 10.5. The Bertz CT molecular complexity index is 332. The number of rotatable bonds is 3. The minimum absolute atomic E-state index is 0.558. The van der Waals surface area contributed by atoms with Crippen molar-refractivity contribution in [2.24, 2.45) is 11.8 Å². The lowest BCUT2D eigenvalue weighted by molar-refractivity contribution is 0.300. The normalized spacial score (nSPS) is 25.4. The van der Waals surface area contributed by atoms with E-state index in [1.54, 1.807) is 6.20 Å². The van der Waals surface area contributed by atoms with Crippen LogP contribution in [0.4, 0.5) is 5.69 Å². The Labute approximate surface area is 102 Å². The molecule has 0 unspecified atom stereocenters. The molecule has 0 spiro atoms. The molecule has 1 heterocycles. The van der Waals surface area contributed by atoms with Gasteiger partial charge in [-0.25, -0.2) is 4.98 Å². The van der Waals surface area contributed by atoms with Crippen molar-refractivity contribution in [3.63, 3.8) is 0 Å². The average Bonchev–Trinajstić information content (AvgIpc) is 2.28. The summed E-state index contributed by atoms with van der Waals surface area (Å²) in [6.07, 6.45) is 7.21.